The number of hydrogen-bond acceptors (Lipinski definition) is 1. The Balaban J connectivity index is 1.71. The molecule has 112 valence electrons. The number of hydrogen-bond donors (Lipinski definition) is 2. The van der Waals surface area contributed by atoms with Crippen LogP contribution in [0.1, 0.15) is 24.1 Å². The third-order valence-corrected chi connectivity index (χ3v) is 4.50. The van der Waals surface area contributed by atoms with Crippen LogP contribution in [0.4, 0.5) is 0 Å². The van der Waals surface area contributed by atoms with Crippen LogP contribution < -0.4 is 5.32 Å². The highest BCUT2D eigenvalue weighted by Gasteiger charge is 2.13. The zero-order valence-corrected chi connectivity index (χ0v) is 13.9. The Hall–Kier alpha value is -2.07. The minimum absolute atomic E-state index is 0.0213. The van der Waals surface area contributed by atoms with Crippen LogP contribution in [-0.4, -0.2) is 10.9 Å². The van der Waals surface area contributed by atoms with Crippen LogP contribution in [0.3, 0.4) is 0 Å². The van der Waals surface area contributed by atoms with Gasteiger partial charge in [-0.1, -0.05) is 52.3 Å². The Kier molecular flexibility index (Phi) is 4.29. The van der Waals surface area contributed by atoms with Crippen LogP contribution in [0.15, 0.2) is 59.2 Å². The number of nitrogens with one attached hydrogen (secondary N) is 2. The second-order valence-electron chi connectivity index (χ2n) is 5.35. The molecular formula is C18H17BrN2O. The number of amides is 1. The second-order valence-corrected chi connectivity index (χ2v) is 6.20. The van der Waals surface area contributed by atoms with E-state index in [0.29, 0.717) is 6.42 Å². The van der Waals surface area contributed by atoms with Gasteiger partial charge in [0.15, 0.2) is 0 Å². The normalized spacial score (nSPS) is 12.3. The first-order chi connectivity index (χ1) is 10.6. The molecule has 4 heteroatoms. The van der Waals surface area contributed by atoms with Crippen molar-refractivity contribution in [2.24, 2.45) is 0 Å². The molecule has 0 spiro atoms. The number of rotatable bonds is 4. The first-order valence-corrected chi connectivity index (χ1v) is 8.03. The number of fused-ring (bicyclic) bond motifs is 1. The maximum absolute atomic E-state index is 12.3. The van der Waals surface area contributed by atoms with Gasteiger partial charge in [-0.2, -0.15) is 0 Å². The van der Waals surface area contributed by atoms with E-state index in [1.807, 2.05) is 61.7 Å². The van der Waals surface area contributed by atoms with Gasteiger partial charge in [-0.05, 0) is 30.2 Å². The first kappa shape index (κ1) is 14.9. The average molecular weight is 357 g/mol. The fourth-order valence-corrected chi connectivity index (χ4v) is 3.28. The van der Waals surface area contributed by atoms with Crippen molar-refractivity contribution in [3.8, 4) is 0 Å². The molecule has 3 aromatic rings. The second kappa shape index (κ2) is 6.36. The fraction of sp³-hybridized carbons (Fsp3) is 0.167. The third kappa shape index (κ3) is 3.07. The Bertz CT molecular complexity index is 809. The van der Waals surface area contributed by atoms with E-state index in [2.05, 4.69) is 26.2 Å². The number of aromatic amines is 1. The fourth-order valence-electron chi connectivity index (χ4n) is 2.65. The standard InChI is InChI=1S/C18H17BrN2O/c1-12(14-6-2-4-8-16(14)19)21-18(22)10-13-11-20-17-9-5-3-7-15(13)17/h2-9,11-12,20H,10H2,1H3,(H,21,22)/t12-/m1/s1. The van der Waals surface area contributed by atoms with Crippen molar-refractivity contribution in [2.45, 2.75) is 19.4 Å². The van der Waals surface area contributed by atoms with Gasteiger partial charge < -0.3 is 10.3 Å². The summed E-state index contributed by atoms with van der Waals surface area (Å²) in [5.74, 6) is 0.0213. The predicted octanol–water partition coefficient (Wildman–Crippen LogP) is 4.35. The van der Waals surface area contributed by atoms with Crippen LogP contribution in [0.2, 0.25) is 0 Å². The quantitative estimate of drug-likeness (QED) is 0.716. The summed E-state index contributed by atoms with van der Waals surface area (Å²) in [5, 5.41) is 4.16. The zero-order chi connectivity index (χ0) is 15.5. The van der Waals surface area contributed by atoms with Gasteiger partial charge in [0, 0.05) is 21.6 Å². The highest BCUT2D eigenvalue weighted by atomic mass is 79.9. The average Bonchev–Trinajstić information content (AvgIpc) is 2.91. The van der Waals surface area contributed by atoms with E-state index in [9.17, 15) is 4.79 Å². The van der Waals surface area contributed by atoms with Crippen molar-refractivity contribution in [1.29, 1.82) is 0 Å². The summed E-state index contributed by atoms with van der Waals surface area (Å²) in [4.78, 5) is 15.5. The molecule has 0 saturated carbocycles. The van der Waals surface area contributed by atoms with Crippen LogP contribution in [0.5, 0.6) is 0 Å². The van der Waals surface area contributed by atoms with Crippen molar-refractivity contribution < 1.29 is 4.79 Å². The first-order valence-electron chi connectivity index (χ1n) is 7.24. The smallest absolute Gasteiger partial charge is 0.224 e. The van der Waals surface area contributed by atoms with Crippen LogP contribution >= 0.6 is 15.9 Å². The number of carbonyl (C=O) groups is 1. The van der Waals surface area contributed by atoms with E-state index in [0.717, 1.165) is 26.5 Å². The molecule has 1 amide bonds. The lowest BCUT2D eigenvalue weighted by Gasteiger charge is -2.15. The largest absolute Gasteiger partial charge is 0.361 e. The summed E-state index contributed by atoms with van der Waals surface area (Å²) >= 11 is 3.52. The predicted molar refractivity (Wildman–Crippen MR) is 92.7 cm³/mol. The summed E-state index contributed by atoms with van der Waals surface area (Å²) in [5.41, 5.74) is 3.16. The summed E-state index contributed by atoms with van der Waals surface area (Å²) in [6, 6.07) is 15.9. The molecule has 0 bridgehead atoms. The number of halogens is 1. The lowest BCUT2D eigenvalue weighted by atomic mass is 10.1. The summed E-state index contributed by atoms with van der Waals surface area (Å²) in [7, 11) is 0. The van der Waals surface area contributed by atoms with Crippen molar-refractivity contribution >= 4 is 32.7 Å². The van der Waals surface area contributed by atoms with E-state index in [1.165, 1.54) is 0 Å². The zero-order valence-electron chi connectivity index (χ0n) is 12.3. The van der Waals surface area contributed by atoms with Crippen molar-refractivity contribution in [1.82, 2.24) is 10.3 Å². The summed E-state index contributed by atoms with van der Waals surface area (Å²) < 4.78 is 1.01. The molecule has 0 aliphatic heterocycles. The number of carbonyl (C=O) groups excluding carboxylic acids is 1. The van der Waals surface area contributed by atoms with Gasteiger partial charge >= 0.3 is 0 Å². The molecule has 2 N–H and O–H groups in total. The molecule has 0 aliphatic rings. The van der Waals surface area contributed by atoms with Gasteiger partial charge in [0.25, 0.3) is 0 Å². The lowest BCUT2D eigenvalue weighted by molar-refractivity contribution is -0.121. The highest BCUT2D eigenvalue weighted by Crippen LogP contribution is 2.23. The Morgan fingerprint density at radius 3 is 2.73 bits per heavy atom. The van der Waals surface area contributed by atoms with Crippen LogP contribution in [-0.2, 0) is 11.2 Å². The maximum Gasteiger partial charge on any atom is 0.224 e. The van der Waals surface area contributed by atoms with E-state index in [4.69, 9.17) is 0 Å². The molecule has 2 aromatic carbocycles. The molecule has 0 radical (unpaired) electrons. The number of aromatic nitrogens is 1. The number of benzene rings is 2. The monoisotopic (exact) mass is 356 g/mol. The molecule has 0 unspecified atom stereocenters. The Labute approximate surface area is 137 Å². The summed E-state index contributed by atoms with van der Waals surface area (Å²) in [6.07, 6.45) is 2.28. The van der Waals surface area contributed by atoms with Gasteiger partial charge in [-0.15, -0.1) is 0 Å². The van der Waals surface area contributed by atoms with Gasteiger partial charge in [0.2, 0.25) is 5.91 Å². The van der Waals surface area contributed by atoms with Gasteiger partial charge in [-0.25, -0.2) is 0 Å². The highest BCUT2D eigenvalue weighted by molar-refractivity contribution is 9.10. The van der Waals surface area contributed by atoms with E-state index in [-0.39, 0.29) is 11.9 Å². The molecule has 22 heavy (non-hydrogen) atoms. The molecule has 1 heterocycles. The van der Waals surface area contributed by atoms with Crippen LogP contribution in [0.25, 0.3) is 10.9 Å². The molecule has 3 rings (SSSR count). The third-order valence-electron chi connectivity index (χ3n) is 3.78. The molecule has 1 aromatic heterocycles. The van der Waals surface area contributed by atoms with E-state index < -0.39 is 0 Å². The Morgan fingerprint density at radius 2 is 1.91 bits per heavy atom. The minimum Gasteiger partial charge on any atom is -0.361 e. The van der Waals surface area contributed by atoms with Crippen LogP contribution in [0, 0.1) is 0 Å². The minimum atomic E-state index is -0.0340. The molecular weight excluding hydrogens is 340 g/mol. The Morgan fingerprint density at radius 1 is 1.18 bits per heavy atom. The molecule has 1 atom stereocenters. The van der Waals surface area contributed by atoms with Gasteiger partial charge in [-0.3, -0.25) is 4.79 Å². The van der Waals surface area contributed by atoms with E-state index >= 15 is 0 Å². The van der Waals surface area contributed by atoms with Crippen molar-refractivity contribution in [3.05, 3.63) is 70.3 Å². The van der Waals surface area contributed by atoms with Gasteiger partial charge in [0.05, 0.1) is 12.5 Å². The topological polar surface area (TPSA) is 44.9 Å². The SMILES string of the molecule is C[C@@H](NC(=O)Cc1c[nH]c2ccccc12)c1ccccc1Br. The van der Waals surface area contributed by atoms with Crippen molar-refractivity contribution in [3.63, 3.8) is 0 Å². The van der Waals surface area contributed by atoms with Gasteiger partial charge in [0.1, 0.15) is 0 Å². The lowest BCUT2D eigenvalue weighted by Crippen LogP contribution is -2.28. The summed E-state index contributed by atoms with van der Waals surface area (Å²) in [6.45, 7) is 1.99. The molecule has 0 saturated heterocycles. The number of para-hydroxylation sites is 1. The molecule has 0 aliphatic carbocycles. The number of H-pyrrole nitrogens is 1. The molecule has 0 fully saturated rings. The van der Waals surface area contributed by atoms with E-state index in [1.54, 1.807) is 0 Å². The van der Waals surface area contributed by atoms with Crippen molar-refractivity contribution in [2.75, 3.05) is 0 Å². The molecule has 3 nitrogen and oxygen atoms in total. The maximum atomic E-state index is 12.3.